The van der Waals surface area contributed by atoms with E-state index in [-0.39, 0.29) is 6.42 Å². The maximum Gasteiger partial charge on any atom is 0.305 e. The topological polar surface area (TPSA) is 104 Å². The van der Waals surface area contributed by atoms with Gasteiger partial charge < -0.3 is 10.4 Å². The Labute approximate surface area is 138 Å². The summed E-state index contributed by atoms with van der Waals surface area (Å²) in [5, 5.41) is 11.7. The summed E-state index contributed by atoms with van der Waals surface area (Å²) in [4.78, 5) is 48.8. The summed E-state index contributed by atoms with van der Waals surface area (Å²) in [7, 11) is 0. The lowest BCUT2D eigenvalue weighted by Gasteiger charge is -2.41. The van der Waals surface area contributed by atoms with Crippen molar-refractivity contribution in [3.05, 3.63) is 34.9 Å². The van der Waals surface area contributed by atoms with Crippen molar-refractivity contribution in [1.29, 1.82) is 0 Å². The molecule has 1 fully saturated rings. The number of aliphatic carboxylic acids is 1. The molecule has 1 aliphatic carbocycles. The molecule has 0 unspecified atom stereocenters. The standard InChI is InChI=1S/C17H18N2O5/c1-10-3-4-11-12(7-10)16(24)19(15(11)23)9-13(20)18-17(5-2-6-17)8-14(21)22/h3-4,7H,2,5-6,8-9H2,1H3,(H,18,20)(H,21,22). The average Bonchev–Trinajstić information content (AvgIpc) is 2.69. The number of imide groups is 1. The summed E-state index contributed by atoms with van der Waals surface area (Å²) in [5.41, 5.74) is 0.702. The highest BCUT2D eigenvalue weighted by molar-refractivity contribution is 6.22. The van der Waals surface area contributed by atoms with Crippen molar-refractivity contribution >= 4 is 23.7 Å². The van der Waals surface area contributed by atoms with Gasteiger partial charge in [0.25, 0.3) is 11.8 Å². The van der Waals surface area contributed by atoms with Gasteiger partial charge >= 0.3 is 5.97 Å². The molecule has 0 atom stereocenters. The van der Waals surface area contributed by atoms with Crippen LogP contribution in [-0.2, 0) is 9.59 Å². The predicted molar refractivity (Wildman–Crippen MR) is 83.5 cm³/mol. The van der Waals surface area contributed by atoms with Crippen LogP contribution < -0.4 is 5.32 Å². The molecule has 7 heteroatoms. The zero-order chi connectivity index (χ0) is 17.5. The Morgan fingerprint density at radius 2 is 1.88 bits per heavy atom. The summed E-state index contributed by atoms with van der Waals surface area (Å²) >= 11 is 0. The van der Waals surface area contributed by atoms with Gasteiger partial charge in [-0.1, -0.05) is 11.6 Å². The van der Waals surface area contributed by atoms with E-state index in [4.69, 9.17) is 5.11 Å². The van der Waals surface area contributed by atoms with Crippen LogP contribution >= 0.6 is 0 Å². The Morgan fingerprint density at radius 1 is 1.21 bits per heavy atom. The van der Waals surface area contributed by atoms with Crippen molar-refractivity contribution in [3.63, 3.8) is 0 Å². The van der Waals surface area contributed by atoms with E-state index in [1.54, 1.807) is 18.2 Å². The number of hydrogen-bond acceptors (Lipinski definition) is 4. The van der Waals surface area contributed by atoms with Gasteiger partial charge in [-0.05, 0) is 38.3 Å². The lowest BCUT2D eigenvalue weighted by atomic mass is 9.74. The SMILES string of the molecule is Cc1ccc2c(c1)C(=O)N(CC(=O)NC1(CC(=O)O)CCC1)C2=O. The van der Waals surface area contributed by atoms with Gasteiger partial charge in [-0.15, -0.1) is 0 Å². The van der Waals surface area contributed by atoms with Gasteiger partial charge in [0.2, 0.25) is 5.91 Å². The number of aryl methyl sites for hydroxylation is 1. The van der Waals surface area contributed by atoms with Gasteiger partial charge in [0, 0.05) is 0 Å². The molecule has 2 aliphatic rings. The molecule has 1 saturated carbocycles. The first-order valence-corrected chi connectivity index (χ1v) is 7.81. The quantitative estimate of drug-likeness (QED) is 0.787. The zero-order valence-corrected chi connectivity index (χ0v) is 13.3. The largest absolute Gasteiger partial charge is 0.481 e. The van der Waals surface area contributed by atoms with Crippen LogP contribution in [0.25, 0.3) is 0 Å². The van der Waals surface area contributed by atoms with Gasteiger partial charge in [-0.2, -0.15) is 0 Å². The molecular formula is C17H18N2O5. The van der Waals surface area contributed by atoms with Crippen molar-refractivity contribution in [2.75, 3.05) is 6.54 Å². The van der Waals surface area contributed by atoms with Crippen molar-refractivity contribution in [2.24, 2.45) is 0 Å². The molecule has 7 nitrogen and oxygen atoms in total. The summed E-state index contributed by atoms with van der Waals surface area (Å²) in [5.74, 6) is -2.48. The van der Waals surface area contributed by atoms with Crippen LogP contribution in [0.4, 0.5) is 0 Å². The summed E-state index contributed by atoms with van der Waals surface area (Å²) in [6, 6.07) is 4.95. The van der Waals surface area contributed by atoms with E-state index in [2.05, 4.69) is 5.32 Å². The fraction of sp³-hybridized carbons (Fsp3) is 0.412. The number of hydrogen-bond donors (Lipinski definition) is 2. The van der Waals surface area contributed by atoms with E-state index in [0.29, 0.717) is 24.0 Å². The second-order valence-electron chi connectivity index (χ2n) is 6.50. The Balaban J connectivity index is 1.70. The van der Waals surface area contributed by atoms with E-state index in [1.165, 1.54) is 0 Å². The lowest BCUT2D eigenvalue weighted by molar-refractivity contribution is -0.140. The summed E-state index contributed by atoms with van der Waals surface area (Å²) in [6.45, 7) is 1.42. The fourth-order valence-corrected chi connectivity index (χ4v) is 3.27. The minimum atomic E-state index is -0.980. The summed E-state index contributed by atoms with van der Waals surface area (Å²) < 4.78 is 0. The molecule has 3 amide bonds. The molecular weight excluding hydrogens is 312 g/mol. The molecule has 1 aromatic rings. The number of benzene rings is 1. The molecule has 3 rings (SSSR count). The molecule has 0 bridgehead atoms. The highest BCUT2D eigenvalue weighted by Crippen LogP contribution is 2.35. The minimum absolute atomic E-state index is 0.153. The van der Waals surface area contributed by atoms with Crippen molar-refractivity contribution in [2.45, 2.75) is 38.1 Å². The third-order valence-corrected chi connectivity index (χ3v) is 4.63. The van der Waals surface area contributed by atoms with E-state index < -0.39 is 35.8 Å². The van der Waals surface area contributed by atoms with Crippen molar-refractivity contribution < 1.29 is 24.3 Å². The zero-order valence-electron chi connectivity index (χ0n) is 13.3. The number of carbonyl (C=O) groups is 4. The van der Waals surface area contributed by atoms with Gasteiger partial charge in [0.15, 0.2) is 0 Å². The van der Waals surface area contributed by atoms with Crippen LogP contribution in [0.15, 0.2) is 18.2 Å². The molecule has 1 aliphatic heterocycles. The van der Waals surface area contributed by atoms with Crippen LogP contribution in [0, 0.1) is 6.92 Å². The van der Waals surface area contributed by atoms with Crippen LogP contribution in [0.1, 0.15) is 52.0 Å². The van der Waals surface area contributed by atoms with Gasteiger partial charge in [-0.25, -0.2) is 0 Å². The lowest BCUT2D eigenvalue weighted by Crippen LogP contribution is -2.57. The molecule has 0 spiro atoms. The van der Waals surface area contributed by atoms with Crippen LogP contribution in [0.5, 0.6) is 0 Å². The first kappa shape index (κ1) is 16.2. The number of fused-ring (bicyclic) bond motifs is 1. The number of rotatable bonds is 5. The molecule has 126 valence electrons. The Morgan fingerprint density at radius 3 is 2.46 bits per heavy atom. The summed E-state index contributed by atoms with van der Waals surface area (Å²) in [6.07, 6.45) is 1.87. The third kappa shape index (κ3) is 2.77. The highest BCUT2D eigenvalue weighted by Gasteiger charge is 2.42. The van der Waals surface area contributed by atoms with Gasteiger partial charge in [-0.3, -0.25) is 24.1 Å². The maximum absolute atomic E-state index is 12.4. The van der Waals surface area contributed by atoms with Crippen LogP contribution in [-0.4, -0.2) is 45.8 Å². The van der Waals surface area contributed by atoms with Crippen molar-refractivity contribution in [3.8, 4) is 0 Å². The van der Waals surface area contributed by atoms with Gasteiger partial charge in [0.05, 0.1) is 23.1 Å². The van der Waals surface area contributed by atoms with E-state index >= 15 is 0 Å². The number of carboxylic acids is 1. The number of amides is 3. The maximum atomic E-state index is 12.4. The number of nitrogens with zero attached hydrogens (tertiary/aromatic N) is 1. The van der Waals surface area contributed by atoms with Crippen LogP contribution in [0.2, 0.25) is 0 Å². The number of nitrogens with one attached hydrogen (secondary N) is 1. The molecule has 1 aromatic carbocycles. The second-order valence-corrected chi connectivity index (χ2v) is 6.50. The first-order chi connectivity index (χ1) is 11.3. The third-order valence-electron chi connectivity index (χ3n) is 4.63. The Bertz CT molecular complexity index is 751. The average molecular weight is 330 g/mol. The fourth-order valence-electron chi connectivity index (χ4n) is 3.27. The predicted octanol–water partition coefficient (Wildman–Crippen LogP) is 1.10. The van der Waals surface area contributed by atoms with E-state index in [9.17, 15) is 19.2 Å². The number of carbonyl (C=O) groups excluding carboxylic acids is 3. The molecule has 24 heavy (non-hydrogen) atoms. The molecule has 0 radical (unpaired) electrons. The van der Waals surface area contributed by atoms with Crippen molar-refractivity contribution in [1.82, 2.24) is 10.2 Å². The molecule has 0 aromatic heterocycles. The molecule has 0 saturated heterocycles. The number of carboxylic acid groups (broad SMARTS) is 1. The Hall–Kier alpha value is -2.70. The first-order valence-electron chi connectivity index (χ1n) is 7.81. The van der Waals surface area contributed by atoms with E-state index in [0.717, 1.165) is 16.9 Å². The second kappa shape index (κ2) is 5.74. The normalized spacial score (nSPS) is 18.1. The molecule has 1 heterocycles. The Kier molecular flexibility index (Phi) is 3.87. The highest BCUT2D eigenvalue weighted by atomic mass is 16.4. The molecule has 2 N–H and O–H groups in total. The smallest absolute Gasteiger partial charge is 0.305 e. The minimum Gasteiger partial charge on any atom is -0.481 e. The monoisotopic (exact) mass is 330 g/mol. The van der Waals surface area contributed by atoms with E-state index in [1.807, 2.05) is 6.92 Å². The van der Waals surface area contributed by atoms with Crippen LogP contribution in [0.3, 0.4) is 0 Å². The van der Waals surface area contributed by atoms with Gasteiger partial charge in [0.1, 0.15) is 6.54 Å².